The number of rotatable bonds is 8. The van der Waals surface area contributed by atoms with Crippen LogP contribution in [0.25, 0.3) is 0 Å². The minimum absolute atomic E-state index is 0.0194. The van der Waals surface area contributed by atoms with Gasteiger partial charge in [-0.25, -0.2) is 9.59 Å². The summed E-state index contributed by atoms with van der Waals surface area (Å²) in [7, 11) is 0. The third-order valence-electron chi connectivity index (χ3n) is 3.21. The molecule has 1 aromatic heterocycles. The van der Waals surface area contributed by atoms with Crippen molar-refractivity contribution < 1.29 is 23.9 Å². The lowest BCUT2D eigenvalue weighted by atomic mass is 10.1. The standard InChI is InChI=1S/C18H31N5O5/c1-17(2,3)27-15(25)13(21-16(26)28-18(4,5)6)9-12(10-24)20-11-23-8-7-14(19)22-23/h7-8,10,12-13,20H,9,11H2,1-6H3,(H2,19,22)(H,21,26)/t12?,13-/m0/s1. The molecule has 10 heteroatoms. The maximum Gasteiger partial charge on any atom is 0.408 e. The predicted molar refractivity (Wildman–Crippen MR) is 103 cm³/mol. The van der Waals surface area contributed by atoms with Crippen molar-refractivity contribution in [3.05, 3.63) is 12.3 Å². The van der Waals surface area contributed by atoms with Gasteiger partial charge in [-0.1, -0.05) is 0 Å². The Labute approximate surface area is 165 Å². The maximum absolute atomic E-state index is 12.5. The quantitative estimate of drug-likeness (QED) is 0.439. The van der Waals surface area contributed by atoms with Crippen LogP contribution in [0.5, 0.6) is 0 Å². The van der Waals surface area contributed by atoms with Crippen LogP contribution < -0.4 is 16.4 Å². The minimum Gasteiger partial charge on any atom is -0.458 e. The summed E-state index contributed by atoms with van der Waals surface area (Å²) in [5.74, 6) is -0.307. The summed E-state index contributed by atoms with van der Waals surface area (Å²) in [4.78, 5) is 36.1. The van der Waals surface area contributed by atoms with Gasteiger partial charge >= 0.3 is 12.1 Å². The number of alkyl carbamates (subject to hydrolysis) is 1. The molecular formula is C18H31N5O5. The Morgan fingerprint density at radius 2 is 1.82 bits per heavy atom. The summed E-state index contributed by atoms with van der Waals surface area (Å²) in [6.45, 7) is 10.5. The van der Waals surface area contributed by atoms with Gasteiger partial charge in [-0.15, -0.1) is 0 Å². The molecule has 4 N–H and O–H groups in total. The number of nitrogen functional groups attached to an aromatic ring is 1. The first-order valence-corrected chi connectivity index (χ1v) is 8.99. The molecule has 0 aliphatic carbocycles. The topological polar surface area (TPSA) is 138 Å². The smallest absolute Gasteiger partial charge is 0.408 e. The molecule has 158 valence electrons. The summed E-state index contributed by atoms with van der Waals surface area (Å²) in [6, 6.07) is -0.192. The average molecular weight is 397 g/mol. The first kappa shape index (κ1) is 23.4. The molecule has 1 heterocycles. The van der Waals surface area contributed by atoms with Gasteiger partial charge in [-0.2, -0.15) is 5.10 Å². The largest absolute Gasteiger partial charge is 0.458 e. The number of aromatic nitrogens is 2. The lowest BCUT2D eigenvalue weighted by Crippen LogP contribution is -2.49. The zero-order valence-corrected chi connectivity index (χ0v) is 17.3. The third kappa shape index (κ3) is 9.36. The molecule has 10 nitrogen and oxygen atoms in total. The van der Waals surface area contributed by atoms with E-state index in [1.54, 1.807) is 53.8 Å². The van der Waals surface area contributed by atoms with Crippen molar-refractivity contribution in [2.45, 2.75) is 77.9 Å². The molecule has 0 aliphatic rings. The zero-order valence-electron chi connectivity index (χ0n) is 17.3. The second-order valence-electron chi connectivity index (χ2n) is 8.35. The van der Waals surface area contributed by atoms with E-state index in [-0.39, 0.29) is 13.1 Å². The molecule has 1 amide bonds. The van der Waals surface area contributed by atoms with Gasteiger partial charge in [0, 0.05) is 12.6 Å². The fraction of sp³-hybridized carbons (Fsp3) is 0.667. The van der Waals surface area contributed by atoms with E-state index in [1.807, 2.05) is 0 Å². The van der Waals surface area contributed by atoms with Gasteiger partial charge in [0.05, 0.1) is 12.7 Å². The van der Waals surface area contributed by atoms with E-state index < -0.39 is 35.3 Å². The number of nitrogens with one attached hydrogen (secondary N) is 2. The number of esters is 1. The lowest BCUT2D eigenvalue weighted by molar-refractivity contribution is -0.157. The number of nitrogens with two attached hydrogens (primary N) is 1. The molecule has 0 bridgehead atoms. The van der Waals surface area contributed by atoms with Gasteiger partial charge in [0.2, 0.25) is 0 Å². The highest BCUT2D eigenvalue weighted by atomic mass is 16.6. The van der Waals surface area contributed by atoms with Crippen LogP contribution in [0.15, 0.2) is 12.3 Å². The third-order valence-corrected chi connectivity index (χ3v) is 3.21. The molecule has 0 spiro atoms. The predicted octanol–water partition coefficient (Wildman–Crippen LogP) is 1.21. The SMILES string of the molecule is CC(C)(C)OC(=O)N[C@@H](CC(C=O)NCn1ccc(N)n1)C(=O)OC(C)(C)C. The monoisotopic (exact) mass is 397 g/mol. The lowest BCUT2D eigenvalue weighted by Gasteiger charge is -2.27. The minimum atomic E-state index is -1.07. The van der Waals surface area contributed by atoms with E-state index in [0.717, 1.165) is 0 Å². The maximum atomic E-state index is 12.5. The summed E-state index contributed by atoms with van der Waals surface area (Å²) in [5, 5.41) is 9.43. The molecule has 1 rings (SSSR count). The van der Waals surface area contributed by atoms with Crippen LogP contribution in [0.3, 0.4) is 0 Å². The average Bonchev–Trinajstić information content (AvgIpc) is 2.92. The molecule has 28 heavy (non-hydrogen) atoms. The number of ether oxygens (including phenoxy) is 2. The Morgan fingerprint density at radius 3 is 2.29 bits per heavy atom. The van der Waals surface area contributed by atoms with Crippen molar-refractivity contribution in [2.24, 2.45) is 0 Å². The second kappa shape index (κ2) is 9.54. The van der Waals surface area contributed by atoms with Crippen LogP contribution in [0, 0.1) is 0 Å². The Bertz CT molecular complexity index is 675. The molecule has 0 aliphatic heterocycles. The van der Waals surface area contributed by atoms with E-state index in [4.69, 9.17) is 15.2 Å². The van der Waals surface area contributed by atoms with Crippen LogP contribution in [0.1, 0.15) is 48.0 Å². The number of hydrogen-bond acceptors (Lipinski definition) is 8. The molecule has 0 saturated carbocycles. The van der Waals surface area contributed by atoms with E-state index in [1.165, 1.54) is 4.68 Å². The van der Waals surface area contributed by atoms with Crippen molar-refractivity contribution in [2.75, 3.05) is 5.73 Å². The van der Waals surface area contributed by atoms with Crippen LogP contribution in [0.4, 0.5) is 10.6 Å². The number of amides is 1. The Morgan fingerprint density at radius 1 is 1.21 bits per heavy atom. The van der Waals surface area contributed by atoms with Crippen molar-refractivity contribution in [3.8, 4) is 0 Å². The highest BCUT2D eigenvalue weighted by Gasteiger charge is 2.30. The highest BCUT2D eigenvalue weighted by molar-refractivity contribution is 5.82. The Hall–Kier alpha value is -2.62. The van der Waals surface area contributed by atoms with Crippen molar-refractivity contribution in [3.63, 3.8) is 0 Å². The molecule has 0 saturated heterocycles. The van der Waals surface area contributed by atoms with Gasteiger partial charge in [-0.3, -0.25) is 10.00 Å². The van der Waals surface area contributed by atoms with Gasteiger partial charge in [0.1, 0.15) is 29.3 Å². The van der Waals surface area contributed by atoms with Crippen molar-refractivity contribution in [1.29, 1.82) is 0 Å². The number of hydrogen-bond donors (Lipinski definition) is 3. The molecule has 2 atom stereocenters. The van der Waals surface area contributed by atoms with E-state index in [9.17, 15) is 14.4 Å². The van der Waals surface area contributed by atoms with Gasteiger partial charge in [-0.05, 0) is 47.6 Å². The van der Waals surface area contributed by atoms with E-state index in [2.05, 4.69) is 15.7 Å². The molecule has 0 radical (unpaired) electrons. The van der Waals surface area contributed by atoms with E-state index in [0.29, 0.717) is 12.1 Å². The normalized spacial score (nSPS) is 14.1. The fourth-order valence-corrected chi connectivity index (χ4v) is 2.15. The highest BCUT2D eigenvalue weighted by Crippen LogP contribution is 2.12. The zero-order chi connectivity index (χ0) is 21.5. The molecule has 1 unspecified atom stereocenters. The van der Waals surface area contributed by atoms with E-state index >= 15 is 0 Å². The number of carbonyl (C=O) groups is 3. The number of nitrogens with zero attached hydrogens (tertiary/aromatic N) is 2. The number of anilines is 1. The van der Waals surface area contributed by atoms with Gasteiger partial charge in [0.15, 0.2) is 0 Å². The van der Waals surface area contributed by atoms with Crippen LogP contribution in [-0.2, 0) is 25.7 Å². The Balaban J connectivity index is 2.81. The van der Waals surface area contributed by atoms with Crippen LogP contribution in [-0.4, -0.2) is 51.4 Å². The fourth-order valence-electron chi connectivity index (χ4n) is 2.15. The summed E-state index contributed by atoms with van der Waals surface area (Å²) >= 11 is 0. The number of carbonyl (C=O) groups excluding carboxylic acids is 3. The van der Waals surface area contributed by atoms with Crippen LogP contribution in [0.2, 0.25) is 0 Å². The first-order chi connectivity index (χ1) is 12.8. The summed E-state index contributed by atoms with van der Waals surface area (Å²) in [5.41, 5.74) is 4.07. The van der Waals surface area contributed by atoms with Crippen LogP contribution >= 0.6 is 0 Å². The second-order valence-corrected chi connectivity index (χ2v) is 8.35. The molecule has 1 aromatic rings. The van der Waals surface area contributed by atoms with Gasteiger partial charge in [0.25, 0.3) is 0 Å². The molecular weight excluding hydrogens is 366 g/mol. The first-order valence-electron chi connectivity index (χ1n) is 8.99. The Kier molecular flexibility index (Phi) is 7.98. The summed E-state index contributed by atoms with van der Waals surface area (Å²) in [6.07, 6.45) is 1.51. The number of aldehydes is 1. The molecule has 0 aromatic carbocycles. The summed E-state index contributed by atoms with van der Waals surface area (Å²) < 4.78 is 12.1. The molecule has 0 fully saturated rings. The van der Waals surface area contributed by atoms with Gasteiger partial charge < -0.3 is 25.3 Å². The van der Waals surface area contributed by atoms with Crippen molar-refractivity contribution in [1.82, 2.24) is 20.4 Å². The van der Waals surface area contributed by atoms with Crippen molar-refractivity contribution >= 4 is 24.2 Å².